The van der Waals surface area contributed by atoms with Gasteiger partial charge in [-0.2, -0.15) is 0 Å². The molecule has 2 N–H and O–H groups in total. The lowest BCUT2D eigenvalue weighted by molar-refractivity contribution is -0.178. The highest BCUT2D eigenvalue weighted by molar-refractivity contribution is 5.92. The Morgan fingerprint density at radius 3 is 2.17 bits per heavy atom. The molecule has 9 atom stereocenters. The topological polar surface area (TPSA) is 132 Å². The van der Waals surface area contributed by atoms with Gasteiger partial charge in [0.05, 0.1) is 24.5 Å². The van der Waals surface area contributed by atoms with Crippen molar-refractivity contribution in [3.8, 4) is 28.4 Å². The van der Waals surface area contributed by atoms with Crippen LogP contribution in [-0.2, 0) is 19.1 Å². The van der Waals surface area contributed by atoms with E-state index in [0.717, 1.165) is 25.7 Å². The maximum absolute atomic E-state index is 13.4. The Hall–Kier alpha value is -4.11. The maximum Gasteiger partial charge on any atom is 0.311 e. The number of phenolic OH excluding ortho intramolecular Hbond substituents is 2. The monoisotopic (exact) mass is 808 g/mol. The highest BCUT2D eigenvalue weighted by Crippen LogP contribution is 2.70. The Morgan fingerprint density at radius 2 is 1.44 bits per heavy atom. The Balaban J connectivity index is 0.919. The van der Waals surface area contributed by atoms with Crippen LogP contribution in [0.3, 0.4) is 0 Å². The summed E-state index contributed by atoms with van der Waals surface area (Å²) in [6.45, 7) is 17.3. The van der Waals surface area contributed by atoms with E-state index >= 15 is 0 Å². The van der Waals surface area contributed by atoms with Crippen molar-refractivity contribution in [3.63, 3.8) is 0 Å². The minimum atomic E-state index is -0.683. The minimum absolute atomic E-state index is 0.0362. The fourth-order valence-electron chi connectivity index (χ4n) is 14.3. The summed E-state index contributed by atoms with van der Waals surface area (Å²) in [4.78, 5) is 39.9. The predicted molar refractivity (Wildman–Crippen MR) is 227 cm³/mol. The van der Waals surface area contributed by atoms with E-state index in [2.05, 4.69) is 54.5 Å². The quantitative estimate of drug-likeness (QED) is 0.136. The molecule has 9 heteroatoms. The van der Waals surface area contributed by atoms with E-state index in [1.165, 1.54) is 69.1 Å². The molecule has 0 aliphatic heterocycles. The van der Waals surface area contributed by atoms with E-state index in [9.17, 15) is 24.6 Å². The van der Waals surface area contributed by atoms with Crippen molar-refractivity contribution < 1.29 is 38.4 Å². The predicted octanol–water partition coefficient (Wildman–Crippen LogP) is 10.9. The first kappa shape index (κ1) is 41.6. The van der Waals surface area contributed by atoms with Gasteiger partial charge in [-0.15, -0.1) is 0 Å². The van der Waals surface area contributed by atoms with E-state index in [0.29, 0.717) is 46.2 Å². The fraction of sp³-hybridized carbons (Fsp3) is 0.620. The van der Waals surface area contributed by atoms with Gasteiger partial charge in [-0.1, -0.05) is 72.2 Å². The lowest BCUT2D eigenvalue weighted by Gasteiger charge is -2.64. The average Bonchev–Trinajstić information content (AvgIpc) is 3.34. The number of carbonyl (C=O) groups is 2. The first-order chi connectivity index (χ1) is 27.8. The van der Waals surface area contributed by atoms with Crippen LogP contribution in [0.5, 0.6) is 17.2 Å². The van der Waals surface area contributed by atoms with Gasteiger partial charge in [-0.05, 0) is 139 Å². The molecule has 1 heterocycles. The van der Waals surface area contributed by atoms with Gasteiger partial charge in [0.15, 0.2) is 11.3 Å². The molecule has 2 aromatic carbocycles. The Kier molecular flexibility index (Phi) is 10.4. The van der Waals surface area contributed by atoms with Crippen molar-refractivity contribution in [2.45, 2.75) is 138 Å². The number of rotatable bonds is 7. The second-order valence-electron chi connectivity index (χ2n) is 20.9. The molecule has 0 radical (unpaired) electrons. The van der Waals surface area contributed by atoms with Gasteiger partial charge in [-0.25, -0.2) is 0 Å². The summed E-state index contributed by atoms with van der Waals surface area (Å²) in [5, 5.41) is 20.1. The SMILES string of the molecule is CO[C@H]1CC[C@@]2(C)[C@@H](CC[C@@]3(C)CC4=CC[C@H]5C(C)(C)[C@H](OC(=O)CCC(=O)Oc6ccc(O)c7c(=O)c(-c8ccc(O)cc8)coc67)CC[C@]5(C)[C@H]4CC[C@@H]32)C1(C)C. The minimum Gasteiger partial charge on any atom is -0.508 e. The van der Waals surface area contributed by atoms with E-state index < -0.39 is 17.4 Å². The number of allylic oxidation sites excluding steroid dienone is 2. The van der Waals surface area contributed by atoms with E-state index in [1.54, 1.807) is 17.7 Å². The molecule has 9 nitrogen and oxygen atoms in total. The summed E-state index contributed by atoms with van der Waals surface area (Å²) in [6, 6.07) is 8.65. The number of phenols is 2. The molecule has 0 spiro atoms. The summed E-state index contributed by atoms with van der Waals surface area (Å²) in [7, 11) is 1.90. The Bertz CT molecular complexity index is 2210. The zero-order chi connectivity index (χ0) is 42.3. The zero-order valence-corrected chi connectivity index (χ0v) is 36.3. The number of carbonyl (C=O) groups excluding carboxylic acids is 2. The molecular weight excluding hydrogens is 745 g/mol. The van der Waals surface area contributed by atoms with Gasteiger partial charge < -0.3 is 28.8 Å². The number of benzene rings is 2. The molecule has 8 rings (SSSR count). The van der Waals surface area contributed by atoms with Crippen molar-refractivity contribution in [1.82, 2.24) is 0 Å². The van der Waals surface area contributed by atoms with Crippen LogP contribution in [0.4, 0.5) is 0 Å². The van der Waals surface area contributed by atoms with Gasteiger partial charge in [-0.3, -0.25) is 14.4 Å². The van der Waals surface area contributed by atoms with Crippen molar-refractivity contribution in [2.75, 3.05) is 7.11 Å². The molecule has 0 amide bonds. The summed E-state index contributed by atoms with van der Waals surface area (Å²) < 4.78 is 23.6. The van der Waals surface area contributed by atoms with Gasteiger partial charge in [0.1, 0.15) is 29.3 Å². The standard InChI is InChI=1S/C50H64O9/c1-46(2)37-21-24-48(5)27-30-11-17-36-47(3,4)40(23-25-49(36,6)33(30)14-18-38(48)50(37,7)26-22-39(46)56-8)59-42(54)20-19-41(53)58-35-16-15-34(52)43-44(55)32(28-57-45(35)43)29-9-12-31(51)13-10-29/h9-13,15-16,28,33,36-40,51-52H,14,17-27H2,1-8H3/t33-,36-,37-,38-,39-,40+,48-,49+,50-/m0/s1. The molecule has 5 aliphatic carbocycles. The van der Waals surface area contributed by atoms with E-state index in [-0.39, 0.29) is 69.0 Å². The molecule has 0 bridgehead atoms. The molecule has 3 aromatic rings. The van der Waals surface area contributed by atoms with Crippen LogP contribution < -0.4 is 10.2 Å². The fourth-order valence-corrected chi connectivity index (χ4v) is 14.3. The zero-order valence-electron chi connectivity index (χ0n) is 36.3. The summed E-state index contributed by atoms with van der Waals surface area (Å²) in [5.74, 6) is 0.810. The second-order valence-corrected chi connectivity index (χ2v) is 20.9. The summed E-state index contributed by atoms with van der Waals surface area (Å²) in [6.07, 6.45) is 14.9. The first-order valence-electron chi connectivity index (χ1n) is 22.0. The van der Waals surface area contributed by atoms with E-state index in [1.807, 2.05) is 7.11 Å². The number of hydrogen-bond acceptors (Lipinski definition) is 9. The molecule has 318 valence electrons. The third-order valence-electron chi connectivity index (χ3n) is 17.2. The van der Waals surface area contributed by atoms with Crippen molar-refractivity contribution in [1.29, 1.82) is 0 Å². The molecule has 4 fully saturated rings. The van der Waals surface area contributed by atoms with Crippen molar-refractivity contribution in [2.24, 2.45) is 50.7 Å². The third kappa shape index (κ3) is 6.82. The molecule has 5 aliphatic rings. The number of fused-ring (bicyclic) bond motifs is 7. The maximum atomic E-state index is 13.4. The number of esters is 2. The largest absolute Gasteiger partial charge is 0.508 e. The first-order valence-corrected chi connectivity index (χ1v) is 22.0. The molecule has 0 saturated heterocycles. The number of ether oxygens (including phenoxy) is 3. The lowest BCUT2D eigenvalue weighted by Crippen LogP contribution is -2.58. The summed E-state index contributed by atoms with van der Waals surface area (Å²) in [5.41, 5.74) is 2.39. The molecule has 59 heavy (non-hydrogen) atoms. The lowest BCUT2D eigenvalue weighted by atomic mass is 9.42. The van der Waals surface area contributed by atoms with Gasteiger partial charge in [0, 0.05) is 12.5 Å². The molecule has 0 unspecified atom stereocenters. The third-order valence-corrected chi connectivity index (χ3v) is 17.2. The van der Waals surface area contributed by atoms with Gasteiger partial charge in [0.25, 0.3) is 0 Å². The molecule has 1 aromatic heterocycles. The van der Waals surface area contributed by atoms with Crippen molar-refractivity contribution >= 4 is 22.9 Å². The number of aromatic hydroxyl groups is 2. The van der Waals surface area contributed by atoms with Crippen LogP contribution in [0.2, 0.25) is 0 Å². The number of methoxy groups -OCH3 is 1. The average molecular weight is 809 g/mol. The van der Waals surface area contributed by atoms with Crippen LogP contribution in [-0.4, -0.2) is 41.5 Å². The van der Waals surface area contributed by atoms with Crippen LogP contribution in [0.15, 0.2) is 63.5 Å². The normalized spacial score (nSPS) is 34.5. The highest BCUT2D eigenvalue weighted by atomic mass is 16.6. The van der Waals surface area contributed by atoms with Crippen LogP contribution in [0.25, 0.3) is 22.1 Å². The molecular formula is C50H64O9. The van der Waals surface area contributed by atoms with Crippen LogP contribution in [0, 0.1) is 50.7 Å². The smallest absolute Gasteiger partial charge is 0.311 e. The van der Waals surface area contributed by atoms with Crippen LogP contribution >= 0.6 is 0 Å². The van der Waals surface area contributed by atoms with Crippen molar-refractivity contribution in [3.05, 3.63) is 64.5 Å². The van der Waals surface area contributed by atoms with Gasteiger partial charge >= 0.3 is 11.9 Å². The summed E-state index contributed by atoms with van der Waals surface area (Å²) >= 11 is 0. The second kappa shape index (κ2) is 14.8. The Morgan fingerprint density at radius 1 is 0.763 bits per heavy atom. The van der Waals surface area contributed by atoms with E-state index in [4.69, 9.17) is 18.6 Å². The Labute approximate surface area is 348 Å². The molecule has 4 saturated carbocycles. The van der Waals surface area contributed by atoms with Crippen LogP contribution in [0.1, 0.15) is 126 Å². The number of hydrogen-bond donors (Lipinski definition) is 2. The van der Waals surface area contributed by atoms with Gasteiger partial charge in [0.2, 0.25) is 5.43 Å². The highest BCUT2D eigenvalue weighted by Gasteiger charge is 2.63.